The third-order valence-electron chi connectivity index (χ3n) is 5.36. The molecule has 2 unspecified atom stereocenters. The molecule has 0 spiro atoms. The van der Waals surface area contributed by atoms with Crippen LogP contribution in [0.25, 0.3) is 11.3 Å². The maximum absolute atomic E-state index is 12.4. The molecule has 0 saturated carbocycles. The van der Waals surface area contributed by atoms with Gasteiger partial charge in [-0.3, -0.25) is 4.98 Å². The highest BCUT2D eigenvalue weighted by Crippen LogP contribution is 2.33. The Labute approximate surface area is 170 Å². The van der Waals surface area contributed by atoms with E-state index in [-0.39, 0.29) is 11.6 Å². The quantitative estimate of drug-likeness (QED) is 0.836. The molecule has 0 radical (unpaired) electrons. The Morgan fingerprint density at radius 3 is 2.21 bits per heavy atom. The minimum atomic E-state index is -0.206. The van der Waals surface area contributed by atoms with Crippen molar-refractivity contribution in [3.05, 3.63) is 41.7 Å². The van der Waals surface area contributed by atoms with Gasteiger partial charge in [0, 0.05) is 54.1 Å². The summed E-state index contributed by atoms with van der Waals surface area (Å²) in [6, 6.07) is 7.65. The number of nitrogens with zero attached hydrogens (tertiary/aromatic N) is 4. The number of nitrogens with one attached hydrogen (secondary N) is 1. The fraction of sp³-hybridized carbons (Fsp3) is 0.476. The Hall–Kier alpha value is -2.34. The predicted molar refractivity (Wildman–Crippen MR) is 112 cm³/mol. The summed E-state index contributed by atoms with van der Waals surface area (Å²) < 4.78 is 0. The van der Waals surface area contributed by atoms with Gasteiger partial charge in [-0.25, -0.2) is 9.78 Å². The Kier molecular flexibility index (Phi) is 4.91. The molecule has 4 rings (SSSR count). The number of rotatable bonds is 2. The highest BCUT2D eigenvalue weighted by atomic mass is 35.5. The van der Waals surface area contributed by atoms with Gasteiger partial charge in [0.25, 0.3) is 0 Å². The van der Waals surface area contributed by atoms with Crippen molar-refractivity contribution in [1.29, 1.82) is 0 Å². The van der Waals surface area contributed by atoms with Gasteiger partial charge in [-0.15, -0.1) is 0 Å². The first kappa shape index (κ1) is 19.0. The van der Waals surface area contributed by atoms with Gasteiger partial charge < -0.3 is 15.1 Å². The first-order chi connectivity index (χ1) is 13.3. The number of urea groups is 1. The molecule has 7 heteroatoms. The zero-order valence-corrected chi connectivity index (χ0v) is 17.3. The molecule has 6 nitrogen and oxygen atoms in total. The normalized spacial score (nSPS) is 21.7. The lowest BCUT2D eigenvalue weighted by Gasteiger charge is -2.27. The summed E-state index contributed by atoms with van der Waals surface area (Å²) in [5.74, 6) is 1.88. The standard InChI is InChI=1S/C21H26ClN5O/c1-21(2,3)25-20(28)27-12-15-10-26(11-16(15)13-27)19-9-23-18(8-24-19)14-4-6-17(22)7-5-14/h4-9,15-16H,10-13H2,1-3H3,(H,25,28). The van der Waals surface area contributed by atoms with Crippen LogP contribution in [0.2, 0.25) is 5.02 Å². The summed E-state index contributed by atoms with van der Waals surface area (Å²) in [4.78, 5) is 25.8. The first-order valence-corrected chi connectivity index (χ1v) is 10.1. The molecule has 1 aromatic carbocycles. The number of hydrogen-bond acceptors (Lipinski definition) is 4. The molecule has 1 aromatic heterocycles. The van der Waals surface area contributed by atoms with E-state index >= 15 is 0 Å². The maximum Gasteiger partial charge on any atom is 0.317 e. The highest BCUT2D eigenvalue weighted by Gasteiger charge is 2.42. The van der Waals surface area contributed by atoms with E-state index in [4.69, 9.17) is 11.6 Å². The second kappa shape index (κ2) is 7.24. The lowest BCUT2D eigenvalue weighted by Crippen LogP contribution is -2.48. The predicted octanol–water partition coefficient (Wildman–Crippen LogP) is 3.67. The molecule has 2 amide bonds. The molecule has 2 aromatic rings. The largest absolute Gasteiger partial charge is 0.355 e. The Balaban J connectivity index is 1.37. The molecule has 28 heavy (non-hydrogen) atoms. The van der Waals surface area contributed by atoms with Gasteiger partial charge in [-0.2, -0.15) is 0 Å². The summed E-state index contributed by atoms with van der Waals surface area (Å²) in [5.41, 5.74) is 1.63. The summed E-state index contributed by atoms with van der Waals surface area (Å²) in [6.07, 6.45) is 3.66. The summed E-state index contributed by atoms with van der Waals surface area (Å²) in [7, 11) is 0. The van der Waals surface area contributed by atoms with Crippen LogP contribution >= 0.6 is 11.6 Å². The Morgan fingerprint density at radius 2 is 1.68 bits per heavy atom. The Morgan fingerprint density at radius 1 is 1.04 bits per heavy atom. The second-order valence-electron chi connectivity index (χ2n) is 8.78. The van der Waals surface area contributed by atoms with E-state index < -0.39 is 0 Å². The van der Waals surface area contributed by atoms with E-state index in [0.717, 1.165) is 43.3 Å². The van der Waals surface area contributed by atoms with Crippen LogP contribution in [0.4, 0.5) is 10.6 Å². The van der Waals surface area contributed by atoms with Gasteiger partial charge in [0.2, 0.25) is 0 Å². The SMILES string of the molecule is CC(C)(C)NC(=O)N1CC2CN(c3cnc(-c4ccc(Cl)cc4)cn3)CC2C1. The average molecular weight is 400 g/mol. The topological polar surface area (TPSA) is 61.4 Å². The van der Waals surface area contributed by atoms with E-state index in [2.05, 4.69) is 20.2 Å². The van der Waals surface area contributed by atoms with Crippen molar-refractivity contribution >= 4 is 23.4 Å². The number of aromatic nitrogens is 2. The van der Waals surface area contributed by atoms with Crippen molar-refractivity contribution in [3.8, 4) is 11.3 Å². The molecular formula is C21H26ClN5O. The van der Waals surface area contributed by atoms with Gasteiger partial charge >= 0.3 is 6.03 Å². The van der Waals surface area contributed by atoms with Crippen LogP contribution in [0, 0.1) is 11.8 Å². The number of hydrogen-bond donors (Lipinski definition) is 1. The van der Waals surface area contributed by atoms with Gasteiger partial charge in [-0.05, 0) is 32.9 Å². The lowest BCUT2D eigenvalue weighted by molar-refractivity contribution is 0.196. The van der Waals surface area contributed by atoms with Crippen molar-refractivity contribution in [2.45, 2.75) is 26.3 Å². The molecule has 2 saturated heterocycles. The van der Waals surface area contributed by atoms with Crippen molar-refractivity contribution in [1.82, 2.24) is 20.2 Å². The van der Waals surface area contributed by atoms with Gasteiger partial charge in [0.15, 0.2) is 0 Å². The number of benzene rings is 1. The van der Waals surface area contributed by atoms with Gasteiger partial charge in [0.05, 0.1) is 18.1 Å². The maximum atomic E-state index is 12.4. The van der Waals surface area contributed by atoms with Gasteiger partial charge in [0.1, 0.15) is 5.82 Å². The first-order valence-electron chi connectivity index (χ1n) is 9.68. The molecule has 2 fully saturated rings. The smallest absolute Gasteiger partial charge is 0.317 e. The van der Waals surface area contributed by atoms with Crippen LogP contribution in [0.5, 0.6) is 0 Å². The molecule has 148 valence electrons. The van der Waals surface area contributed by atoms with Crippen molar-refractivity contribution in [3.63, 3.8) is 0 Å². The fourth-order valence-electron chi connectivity index (χ4n) is 4.00. The number of halogens is 1. The molecule has 2 aliphatic rings. The fourth-order valence-corrected chi connectivity index (χ4v) is 4.13. The molecule has 3 heterocycles. The zero-order valence-electron chi connectivity index (χ0n) is 16.5. The van der Waals surface area contributed by atoms with Gasteiger partial charge in [-0.1, -0.05) is 23.7 Å². The summed E-state index contributed by atoms with van der Waals surface area (Å²) in [5, 5.41) is 3.77. The minimum absolute atomic E-state index is 0.0422. The number of amides is 2. The van der Waals surface area contributed by atoms with E-state index in [1.54, 1.807) is 0 Å². The molecule has 0 aliphatic carbocycles. The van der Waals surface area contributed by atoms with Crippen LogP contribution in [-0.4, -0.2) is 52.6 Å². The van der Waals surface area contributed by atoms with E-state index in [0.29, 0.717) is 16.9 Å². The number of anilines is 1. The molecule has 2 aliphatic heterocycles. The summed E-state index contributed by atoms with van der Waals surface area (Å²) >= 11 is 5.95. The number of carbonyl (C=O) groups excluding carboxylic acids is 1. The van der Waals surface area contributed by atoms with E-state index in [1.807, 2.05) is 62.3 Å². The van der Waals surface area contributed by atoms with Crippen LogP contribution < -0.4 is 10.2 Å². The molecule has 2 atom stereocenters. The van der Waals surface area contributed by atoms with Crippen LogP contribution in [0.1, 0.15) is 20.8 Å². The lowest BCUT2D eigenvalue weighted by atomic mass is 10.0. The minimum Gasteiger partial charge on any atom is -0.355 e. The monoisotopic (exact) mass is 399 g/mol. The Bertz CT molecular complexity index is 833. The molecule has 0 bridgehead atoms. The van der Waals surface area contributed by atoms with E-state index in [9.17, 15) is 4.79 Å². The second-order valence-corrected chi connectivity index (χ2v) is 9.21. The number of likely N-dealkylation sites (tertiary alicyclic amines) is 1. The highest BCUT2D eigenvalue weighted by molar-refractivity contribution is 6.30. The van der Waals surface area contributed by atoms with Crippen LogP contribution in [0.15, 0.2) is 36.7 Å². The third kappa shape index (κ3) is 4.07. The molecular weight excluding hydrogens is 374 g/mol. The van der Waals surface area contributed by atoms with Crippen LogP contribution in [-0.2, 0) is 0 Å². The number of carbonyl (C=O) groups is 1. The van der Waals surface area contributed by atoms with Crippen LogP contribution in [0.3, 0.4) is 0 Å². The third-order valence-corrected chi connectivity index (χ3v) is 5.61. The van der Waals surface area contributed by atoms with E-state index in [1.165, 1.54) is 0 Å². The van der Waals surface area contributed by atoms with Crippen molar-refractivity contribution in [2.24, 2.45) is 11.8 Å². The van der Waals surface area contributed by atoms with Crippen molar-refractivity contribution < 1.29 is 4.79 Å². The average Bonchev–Trinajstić information content (AvgIpc) is 3.20. The number of fused-ring (bicyclic) bond motifs is 1. The molecule has 1 N–H and O–H groups in total. The zero-order chi connectivity index (χ0) is 19.9. The summed E-state index contributed by atoms with van der Waals surface area (Å²) in [6.45, 7) is 9.47. The van der Waals surface area contributed by atoms with Crippen molar-refractivity contribution in [2.75, 3.05) is 31.1 Å².